The number of hydrogen-bond donors (Lipinski definition) is 2. The fourth-order valence-corrected chi connectivity index (χ4v) is 4.16. The first-order chi connectivity index (χ1) is 13.0. The van der Waals surface area contributed by atoms with E-state index in [4.69, 9.17) is 9.84 Å². The van der Waals surface area contributed by atoms with Crippen LogP contribution in [0.4, 0.5) is 0 Å². The van der Waals surface area contributed by atoms with E-state index in [1.54, 1.807) is 7.11 Å². The van der Waals surface area contributed by atoms with E-state index < -0.39 is 5.97 Å². The lowest BCUT2D eigenvalue weighted by Crippen LogP contribution is -2.25. The average molecular weight is 372 g/mol. The van der Waals surface area contributed by atoms with Crippen LogP contribution in [0.15, 0.2) is 18.2 Å². The fourth-order valence-electron chi connectivity index (χ4n) is 4.16. The van der Waals surface area contributed by atoms with Gasteiger partial charge in [-0.15, -0.1) is 0 Å². The molecule has 1 aromatic carbocycles. The van der Waals surface area contributed by atoms with Crippen molar-refractivity contribution in [2.45, 2.75) is 57.9 Å². The Morgan fingerprint density at radius 3 is 2.67 bits per heavy atom. The van der Waals surface area contributed by atoms with E-state index in [2.05, 4.69) is 9.88 Å². The summed E-state index contributed by atoms with van der Waals surface area (Å²) in [6.45, 7) is 2.50. The lowest BCUT2D eigenvalue weighted by atomic mass is 10.1. The van der Waals surface area contributed by atoms with E-state index in [1.165, 1.54) is 12.8 Å². The molecule has 6 nitrogen and oxygen atoms in total. The van der Waals surface area contributed by atoms with Crippen molar-refractivity contribution in [3.8, 4) is 5.75 Å². The third-order valence-corrected chi connectivity index (χ3v) is 5.48. The number of carboxylic acids is 1. The van der Waals surface area contributed by atoms with Crippen LogP contribution in [-0.4, -0.2) is 35.2 Å². The van der Waals surface area contributed by atoms with E-state index >= 15 is 0 Å². The number of ether oxygens (including phenoxy) is 1. The summed E-state index contributed by atoms with van der Waals surface area (Å²) in [6, 6.07) is 6.37. The van der Waals surface area contributed by atoms with Crippen LogP contribution in [0.5, 0.6) is 5.75 Å². The minimum absolute atomic E-state index is 0.0992. The second-order valence-electron chi connectivity index (χ2n) is 7.26. The minimum atomic E-state index is -0.802. The van der Waals surface area contributed by atoms with Crippen LogP contribution in [0.25, 0.3) is 10.9 Å². The quantitative estimate of drug-likeness (QED) is 0.685. The van der Waals surface area contributed by atoms with Crippen LogP contribution in [-0.2, 0) is 4.79 Å². The second kappa shape index (κ2) is 8.46. The third-order valence-electron chi connectivity index (χ3n) is 5.48. The monoisotopic (exact) mass is 372 g/mol. The lowest BCUT2D eigenvalue weighted by Gasteiger charge is -2.16. The lowest BCUT2D eigenvalue weighted by molar-refractivity contribution is -0.137. The van der Waals surface area contributed by atoms with E-state index in [1.807, 2.05) is 25.1 Å². The zero-order chi connectivity index (χ0) is 19.4. The van der Waals surface area contributed by atoms with Crippen LogP contribution in [0.2, 0.25) is 0 Å². The van der Waals surface area contributed by atoms with Crippen molar-refractivity contribution >= 4 is 22.8 Å². The molecule has 2 aromatic rings. The minimum Gasteiger partial charge on any atom is -0.497 e. The molecular weight excluding hydrogens is 344 g/mol. The summed E-state index contributed by atoms with van der Waals surface area (Å²) in [5.74, 6) is -0.164. The highest BCUT2D eigenvalue weighted by Crippen LogP contribution is 2.38. The molecule has 0 radical (unpaired) electrons. The predicted octanol–water partition coefficient (Wildman–Crippen LogP) is 4.06. The topological polar surface area (TPSA) is 80.6 Å². The second-order valence-corrected chi connectivity index (χ2v) is 7.26. The molecule has 3 rings (SSSR count). The van der Waals surface area contributed by atoms with Gasteiger partial charge in [0.2, 0.25) is 0 Å². The van der Waals surface area contributed by atoms with Gasteiger partial charge in [0.1, 0.15) is 5.75 Å². The number of nitrogens with one attached hydrogen (secondary N) is 1. The molecule has 1 fully saturated rings. The van der Waals surface area contributed by atoms with Gasteiger partial charge in [-0.2, -0.15) is 0 Å². The highest BCUT2D eigenvalue weighted by molar-refractivity contribution is 6.08. The first kappa shape index (κ1) is 19.3. The van der Waals surface area contributed by atoms with Gasteiger partial charge in [-0.05, 0) is 50.8 Å². The third kappa shape index (κ3) is 4.10. The van der Waals surface area contributed by atoms with Gasteiger partial charge in [0.25, 0.3) is 5.91 Å². The van der Waals surface area contributed by atoms with Crippen molar-refractivity contribution in [3.05, 3.63) is 29.5 Å². The maximum Gasteiger partial charge on any atom is 0.303 e. The Morgan fingerprint density at radius 2 is 2.00 bits per heavy atom. The Balaban J connectivity index is 1.87. The summed E-state index contributed by atoms with van der Waals surface area (Å²) in [5, 5.41) is 12.6. The SMILES string of the molecule is COc1ccc2c(c1)c(C(=O)NCCCCC(=O)O)c(C)n2C1CCCC1. The Hall–Kier alpha value is -2.50. The molecule has 27 heavy (non-hydrogen) atoms. The van der Waals surface area contributed by atoms with Crippen LogP contribution in [0.3, 0.4) is 0 Å². The molecule has 6 heteroatoms. The number of methoxy groups -OCH3 is 1. The molecule has 0 saturated heterocycles. The number of benzene rings is 1. The largest absolute Gasteiger partial charge is 0.497 e. The number of rotatable bonds is 8. The van der Waals surface area contributed by atoms with Crippen LogP contribution < -0.4 is 10.1 Å². The first-order valence-electron chi connectivity index (χ1n) is 9.71. The van der Waals surface area contributed by atoms with Crippen molar-refractivity contribution in [2.24, 2.45) is 0 Å². The zero-order valence-electron chi connectivity index (χ0n) is 16.1. The van der Waals surface area contributed by atoms with Crippen LogP contribution in [0.1, 0.15) is 67.0 Å². The maximum absolute atomic E-state index is 12.9. The Kier molecular flexibility index (Phi) is 6.04. The number of aromatic nitrogens is 1. The molecular formula is C21H28N2O4. The number of nitrogens with zero attached hydrogens (tertiary/aromatic N) is 1. The number of carbonyl (C=O) groups is 2. The number of fused-ring (bicyclic) bond motifs is 1. The molecule has 1 aliphatic carbocycles. The predicted molar refractivity (Wildman–Crippen MR) is 105 cm³/mol. The summed E-state index contributed by atoms with van der Waals surface area (Å²) < 4.78 is 7.69. The van der Waals surface area contributed by atoms with Crippen molar-refractivity contribution in [2.75, 3.05) is 13.7 Å². The maximum atomic E-state index is 12.9. The summed E-state index contributed by atoms with van der Waals surface area (Å²) in [5.41, 5.74) is 2.78. The molecule has 1 aromatic heterocycles. The number of amides is 1. The van der Waals surface area contributed by atoms with Crippen molar-refractivity contribution in [1.82, 2.24) is 9.88 Å². The molecule has 146 valence electrons. The molecule has 2 N–H and O–H groups in total. The molecule has 0 atom stereocenters. The Morgan fingerprint density at radius 1 is 1.26 bits per heavy atom. The summed E-state index contributed by atoms with van der Waals surface area (Å²) in [7, 11) is 1.63. The average Bonchev–Trinajstić information content (AvgIpc) is 3.25. The standard InChI is InChI=1S/C21H28N2O4/c1-14-20(21(26)22-12-6-5-9-19(24)25)17-13-16(27-2)10-11-18(17)23(14)15-7-3-4-8-15/h10-11,13,15H,3-9,12H2,1-2H3,(H,22,26)(H,24,25). The van der Waals surface area contributed by atoms with Gasteiger partial charge in [0.15, 0.2) is 0 Å². The van der Waals surface area contributed by atoms with Crippen LogP contribution in [0, 0.1) is 6.92 Å². The fraction of sp³-hybridized carbons (Fsp3) is 0.524. The smallest absolute Gasteiger partial charge is 0.303 e. The van der Waals surface area contributed by atoms with Gasteiger partial charge in [0, 0.05) is 35.6 Å². The van der Waals surface area contributed by atoms with Gasteiger partial charge in [-0.3, -0.25) is 9.59 Å². The summed E-state index contributed by atoms with van der Waals surface area (Å²) in [6.07, 6.45) is 6.09. The highest BCUT2D eigenvalue weighted by atomic mass is 16.5. The molecule has 0 bridgehead atoms. The molecule has 0 unspecified atom stereocenters. The van der Waals surface area contributed by atoms with Gasteiger partial charge >= 0.3 is 5.97 Å². The number of carbonyl (C=O) groups excluding carboxylic acids is 1. The van der Waals surface area contributed by atoms with Crippen molar-refractivity contribution in [1.29, 1.82) is 0 Å². The number of aliphatic carboxylic acids is 1. The first-order valence-corrected chi connectivity index (χ1v) is 9.71. The van der Waals surface area contributed by atoms with E-state index in [-0.39, 0.29) is 12.3 Å². The van der Waals surface area contributed by atoms with Gasteiger partial charge in [0.05, 0.1) is 12.7 Å². The molecule has 1 heterocycles. The Labute approximate surface area is 159 Å². The molecule has 0 spiro atoms. The van der Waals surface area contributed by atoms with Gasteiger partial charge in [-0.25, -0.2) is 0 Å². The van der Waals surface area contributed by atoms with Crippen LogP contribution >= 0.6 is 0 Å². The normalized spacial score (nSPS) is 14.6. The number of unbranched alkanes of at least 4 members (excludes halogenated alkanes) is 1. The zero-order valence-corrected chi connectivity index (χ0v) is 16.1. The van der Waals surface area contributed by atoms with E-state index in [9.17, 15) is 9.59 Å². The molecule has 1 amide bonds. The number of hydrogen-bond acceptors (Lipinski definition) is 3. The van der Waals surface area contributed by atoms with Gasteiger partial charge in [-0.1, -0.05) is 12.8 Å². The van der Waals surface area contributed by atoms with Crippen molar-refractivity contribution < 1.29 is 19.4 Å². The molecule has 1 saturated carbocycles. The summed E-state index contributed by atoms with van der Waals surface area (Å²) >= 11 is 0. The summed E-state index contributed by atoms with van der Waals surface area (Å²) in [4.78, 5) is 23.5. The molecule has 0 aliphatic heterocycles. The molecule has 1 aliphatic rings. The van der Waals surface area contributed by atoms with E-state index in [0.29, 0.717) is 31.0 Å². The highest BCUT2D eigenvalue weighted by Gasteiger charge is 2.26. The van der Waals surface area contributed by atoms with Gasteiger partial charge < -0.3 is 19.7 Å². The number of carboxylic acid groups (broad SMARTS) is 1. The Bertz CT molecular complexity index is 834. The van der Waals surface area contributed by atoms with Crippen molar-refractivity contribution in [3.63, 3.8) is 0 Å². The van der Waals surface area contributed by atoms with E-state index in [0.717, 1.165) is 35.2 Å².